The maximum Gasteiger partial charge on any atom is 0.266 e. The lowest BCUT2D eigenvalue weighted by Gasteiger charge is -2.05. The zero-order valence-electron chi connectivity index (χ0n) is 11.3. The molecule has 0 aromatic heterocycles. The highest BCUT2D eigenvalue weighted by Gasteiger charge is 2.34. The number of amides is 2. The van der Waals surface area contributed by atoms with Crippen LogP contribution in [0.2, 0.25) is 0 Å². The summed E-state index contributed by atoms with van der Waals surface area (Å²) < 4.78 is 0. The zero-order chi connectivity index (χ0) is 14.8. The van der Waals surface area contributed by atoms with Crippen molar-refractivity contribution >= 4 is 35.6 Å². The predicted molar refractivity (Wildman–Crippen MR) is 83.3 cm³/mol. The number of thioether (sulfide) groups is 1. The number of fused-ring (bicyclic) bond motifs is 1. The molecule has 5 heteroatoms. The second-order valence-electron chi connectivity index (χ2n) is 4.47. The number of hydrogen-bond donors (Lipinski definition) is 0. The number of carbonyl (C=O) groups is 2. The number of rotatable bonds is 3. The summed E-state index contributed by atoms with van der Waals surface area (Å²) in [6, 6.07) is 14.4. The van der Waals surface area contributed by atoms with Gasteiger partial charge in [-0.05, 0) is 42.7 Å². The summed E-state index contributed by atoms with van der Waals surface area (Å²) in [5, 5.41) is 0. The van der Waals surface area contributed by atoms with Crippen LogP contribution in [0.1, 0.15) is 20.7 Å². The second-order valence-corrected chi connectivity index (χ2v) is 5.35. The summed E-state index contributed by atoms with van der Waals surface area (Å²) in [5.74, 6) is -0.667. The summed E-state index contributed by atoms with van der Waals surface area (Å²) in [6.45, 7) is 0. The Balaban J connectivity index is 1.84. The van der Waals surface area contributed by atoms with Crippen LogP contribution in [0.15, 0.2) is 58.4 Å². The summed E-state index contributed by atoms with van der Waals surface area (Å²) >= 11 is 1.64. The molecule has 0 spiro atoms. The monoisotopic (exact) mass is 296 g/mol. The number of nitrogens with zero attached hydrogens (tertiary/aromatic N) is 2. The van der Waals surface area contributed by atoms with Crippen LogP contribution in [0.4, 0.5) is 5.69 Å². The molecule has 21 heavy (non-hydrogen) atoms. The molecule has 2 aromatic rings. The minimum Gasteiger partial charge on any atom is -0.268 e. The van der Waals surface area contributed by atoms with E-state index in [0.29, 0.717) is 16.8 Å². The van der Waals surface area contributed by atoms with Crippen LogP contribution in [0.3, 0.4) is 0 Å². The van der Waals surface area contributed by atoms with Gasteiger partial charge in [0.05, 0.1) is 16.8 Å². The molecule has 0 saturated carbocycles. The largest absolute Gasteiger partial charge is 0.268 e. The molecule has 0 bridgehead atoms. The molecule has 0 fully saturated rings. The molecule has 4 nitrogen and oxygen atoms in total. The van der Waals surface area contributed by atoms with Gasteiger partial charge in [0.2, 0.25) is 0 Å². The molecule has 1 aliphatic heterocycles. The van der Waals surface area contributed by atoms with Crippen LogP contribution < -0.4 is 0 Å². The first-order valence-corrected chi connectivity index (χ1v) is 7.58. The van der Waals surface area contributed by atoms with Gasteiger partial charge in [-0.15, -0.1) is 11.8 Å². The first-order valence-electron chi connectivity index (χ1n) is 6.36. The van der Waals surface area contributed by atoms with E-state index < -0.39 is 0 Å². The van der Waals surface area contributed by atoms with Crippen LogP contribution >= 0.6 is 11.8 Å². The minimum atomic E-state index is -0.333. The van der Waals surface area contributed by atoms with E-state index in [-0.39, 0.29) is 11.8 Å². The van der Waals surface area contributed by atoms with E-state index in [4.69, 9.17) is 0 Å². The molecule has 3 rings (SSSR count). The Labute approximate surface area is 126 Å². The van der Waals surface area contributed by atoms with Crippen molar-refractivity contribution in [1.29, 1.82) is 0 Å². The Hall–Kier alpha value is -2.40. The molecule has 0 aliphatic carbocycles. The normalized spacial score (nSPS) is 14.0. The SMILES string of the molecule is CSc1ccc(N=CN2C(=O)c3ccccc3C2=O)cc1. The molecule has 0 atom stereocenters. The van der Waals surface area contributed by atoms with Gasteiger partial charge in [-0.25, -0.2) is 9.89 Å². The number of carbonyl (C=O) groups excluding carboxylic acids is 2. The highest BCUT2D eigenvalue weighted by atomic mass is 32.2. The van der Waals surface area contributed by atoms with Gasteiger partial charge in [-0.2, -0.15) is 0 Å². The maximum atomic E-state index is 12.1. The van der Waals surface area contributed by atoms with Crippen molar-refractivity contribution in [2.75, 3.05) is 6.26 Å². The topological polar surface area (TPSA) is 49.7 Å². The summed E-state index contributed by atoms with van der Waals surface area (Å²) in [7, 11) is 0. The van der Waals surface area contributed by atoms with Crippen LogP contribution in [-0.4, -0.2) is 29.3 Å². The van der Waals surface area contributed by atoms with Crippen LogP contribution in [0, 0.1) is 0 Å². The van der Waals surface area contributed by atoms with Gasteiger partial charge in [0, 0.05) is 4.90 Å². The molecule has 104 valence electrons. The van der Waals surface area contributed by atoms with Crippen molar-refractivity contribution in [2.45, 2.75) is 4.90 Å². The Morgan fingerprint density at radius 1 is 0.952 bits per heavy atom. The third-order valence-electron chi connectivity index (χ3n) is 3.22. The average molecular weight is 296 g/mol. The van der Waals surface area contributed by atoms with Crippen LogP contribution in [-0.2, 0) is 0 Å². The average Bonchev–Trinajstić information content (AvgIpc) is 2.78. The lowest BCUT2D eigenvalue weighted by atomic mass is 10.1. The molecular weight excluding hydrogens is 284 g/mol. The zero-order valence-corrected chi connectivity index (χ0v) is 12.1. The lowest BCUT2D eigenvalue weighted by molar-refractivity contribution is 0.0754. The van der Waals surface area contributed by atoms with E-state index >= 15 is 0 Å². The van der Waals surface area contributed by atoms with Crippen molar-refractivity contribution in [3.63, 3.8) is 0 Å². The van der Waals surface area contributed by atoms with E-state index in [0.717, 1.165) is 9.80 Å². The van der Waals surface area contributed by atoms with Gasteiger partial charge in [-0.3, -0.25) is 9.59 Å². The number of imide groups is 1. The molecule has 2 amide bonds. The first-order chi connectivity index (χ1) is 10.2. The van der Waals surface area contributed by atoms with Crippen molar-refractivity contribution in [3.8, 4) is 0 Å². The van der Waals surface area contributed by atoms with E-state index in [2.05, 4.69) is 4.99 Å². The van der Waals surface area contributed by atoms with Gasteiger partial charge in [0.15, 0.2) is 0 Å². The summed E-state index contributed by atoms with van der Waals surface area (Å²) in [6.07, 6.45) is 3.29. The lowest BCUT2D eigenvalue weighted by Crippen LogP contribution is -2.27. The van der Waals surface area contributed by atoms with E-state index in [1.54, 1.807) is 36.0 Å². The second kappa shape index (κ2) is 5.54. The van der Waals surface area contributed by atoms with Crippen molar-refractivity contribution < 1.29 is 9.59 Å². The molecular formula is C16H12N2O2S. The molecule has 2 aromatic carbocycles. The Bertz CT molecular complexity index is 703. The Morgan fingerprint density at radius 3 is 2.05 bits per heavy atom. The fraction of sp³-hybridized carbons (Fsp3) is 0.0625. The van der Waals surface area contributed by atoms with Crippen molar-refractivity contribution in [3.05, 3.63) is 59.7 Å². The van der Waals surface area contributed by atoms with Gasteiger partial charge < -0.3 is 0 Å². The fourth-order valence-corrected chi connectivity index (χ4v) is 2.51. The molecule has 0 unspecified atom stereocenters. The van der Waals surface area contributed by atoms with Gasteiger partial charge in [0.25, 0.3) is 11.8 Å². The molecule has 1 aliphatic rings. The van der Waals surface area contributed by atoms with Crippen molar-refractivity contribution in [2.24, 2.45) is 4.99 Å². The van der Waals surface area contributed by atoms with E-state index in [1.165, 1.54) is 6.34 Å². The van der Waals surface area contributed by atoms with E-state index in [9.17, 15) is 9.59 Å². The van der Waals surface area contributed by atoms with Gasteiger partial charge >= 0.3 is 0 Å². The first kappa shape index (κ1) is 13.6. The molecule has 0 saturated heterocycles. The highest BCUT2D eigenvalue weighted by molar-refractivity contribution is 7.98. The molecule has 1 heterocycles. The van der Waals surface area contributed by atoms with Crippen LogP contribution in [0.25, 0.3) is 0 Å². The van der Waals surface area contributed by atoms with E-state index in [1.807, 2.05) is 30.5 Å². The fourth-order valence-electron chi connectivity index (χ4n) is 2.11. The number of benzene rings is 2. The Morgan fingerprint density at radius 2 is 1.52 bits per heavy atom. The summed E-state index contributed by atoms with van der Waals surface area (Å²) in [4.78, 5) is 30.7. The quantitative estimate of drug-likeness (QED) is 0.378. The smallest absolute Gasteiger partial charge is 0.266 e. The van der Waals surface area contributed by atoms with Gasteiger partial charge in [-0.1, -0.05) is 12.1 Å². The van der Waals surface area contributed by atoms with Crippen molar-refractivity contribution in [1.82, 2.24) is 4.90 Å². The Kier molecular flexibility index (Phi) is 3.58. The van der Waals surface area contributed by atoms with Crippen LogP contribution in [0.5, 0.6) is 0 Å². The maximum absolute atomic E-state index is 12.1. The standard InChI is InChI=1S/C16H12N2O2S/c1-21-12-8-6-11(7-9-12)17-10-18-15(19)13-4-2-3-5-14(13)16(18)20/h2-10H,1H3. The third-order valence-corrected chi connectivity index (χ3v) is 3.96. The third kappa shape index (κ3) is 2.48. The molecule has 0 radical (unpaired) electrons. The summed E-state index contributed by atoms with van der Waals surface area (Å²) in [5.41, 5.74) is 1.54. The number of aliphatic imine (C=N–C) groups is 1. The number of hydrogen-bond acceptors (Lipinski definition) is 4. The minimum absolute atomic E-state index is 0.333. The van der Waals surface area contributed by atoms with Gasteiger partial charge in [0.1, 0.15) is 6.34 Å². The highest BCUT2D eigenvalue weighted by Crippen LogP contribution is 2.23. The predicted octanol–water partition coefficient (Wildman–Crippen LogP) is 3.36. The molecule has 0 N–H and O–H groups in total.